The smallest absolute Gasteiger partial charge is 0.262 e. The van der Waals surface area contributed by atoms with Gasteiger partial charge in [0.05, 0.1) is 29.0 Å². The van der Waals surface area contributed by atoms with Crippen molar-refractivity contribution in [2.45, 2.75) is 81.3 Å². The number of hydrogen-bond donors (Lipinski definition) is 0. The molecule has 11 heteroatoms. The first-order valence-corrected chi connectivity index (χ1v) is 17.3. The van der Waals surface area contributed by atoms with Gasteiger partial charge in [-0.1, -0.05) is 18.6 Å². The molecule has 0 radical (unpaired) electrons. The molecule has 1 aromatic carbocycles. The molecule has 4 aromatic rings. The van der Waals surface area contributed by atoms with Crippen molar-refractivity contribution in [2.75, 3.05) is 6.54 Å². The van der Waals surface area contributed by atoms with Crippen molar-refractivity contribution in [1.29, 1.82) is 0 Å². The van der Waals surface area contributed by atoms with Crippen LogP contribution in [0.4, 0.5) is 4.39 Å². The number of ketones is 1. The lowest BCUT2D eigenvalue weighted by atomic mass is 9.60. The van der Waals surface area contributed by atoms with Gasteiger partial charge in [0.2, 0.25) is 0 Å². The van der Waals surface area contributed by atoms with Gasteiger partial charge < -0.3 is 0 Å². The van der Waals surface area contributed by atoms with Gasteiger partial charge in [0.15, 0.2) is 10.8 Å². The van der Waals surface area contributed by atoms with Gasteiger partial charge in [0.1, 0.15) is 11.5 Å². The molecule has 3 saturated carbocycles. The molecule has 3 heterocycles. The van der Waals surface area contributed by atoms with E-state index in [1.54, 1.807) is 44.3 Å². The third-order valence-corrected chi connectivity index (χ3v) is 11.9. The Bertz CT molecular complexity index is 1920. The standard InChI is InChI=1S/C34H35FN6O3S/c1-2-40(45(43,44)32-15-16-39(38-32)27-12-13-27)29-9-6-25-17-31-24(21-37-41(31)28-10-7-26(35)8-11-28)18-34(25,19-29)33(42)30-14-5-23(20-36-30)22-3-4-22/h5,7-8,10-11,14-17,20-22,27,29H,2-4,6,9,12-13,18-19H2,1H3/t29-,34-/m0/s1. The van der Waals surface area contributed by atoms with Crippen LogP contribution in [0.1, 0.15) is 91.1 Å². The third-order valence-electron chi connectivity index (χ3n) is 10.0. The van der Waals surface area contributed by atoms with Crippen molar-refractivity contribution in [1.82, 2.24) is 28.9 Å². The lowest BCUT2D eigenvalue weighted by Gasteiger charge is -2.46. The Hall–Kier alpha value is -3.96. The maximum absolute atomic E-state index is 14.7. The van der Waals surface area contributed by atoms with Crippen LogP contribution < -0.4 is 0 Å². The lowest BCUT2D eigenvalue weighted by Crippen LogP contribution is -2.50. The summed E-state index contributed by atoms with van der Waals surface area (Å²) in [5.74, 6) is 0.110. The molecule has 8 rings (SSSR count). The molecule has 0 unspecified atom stereocenters. The number of rotatable bonds is 9. The van der Waals surface area contributed by atoms with Gasteiger partial charge in [-0.25, -0.2) is 17.5 Å². The second-order valence-corrected chi connectivity index (χ2v) is 14.8. The number of hydrogen-bond acceptors (Lipinski definition) is 6. The topological polar surface area (TPSA) is 103 Å². The van der Waals surface area contributed by atoms with Crippen LogP contribution in [0.25, 0.3) is 11.8 Å². The number of Topliss-reactive ketones (excluding diaryl/α,β-unsaturated/α-hetero) is 1. The Morgan fingerprint density at radius 2 is 1.84 bits per heavy atom. The summed E-state index contributed by atoms with van der Waals surface area (Å²) in [5, 5.41) is 9.14. The van der Waals surface area contributed by atoms with Crippen molar-refractivity contribution in [2.24, 2.45) is 5.41 Å². The number of sulfonamides is 1. The van der Waals surface area contributed by atoms with E-state index in [0.717, 1.165) is 53.8 Å². The Morgan fingerprint density at radius 3 is 2.53 bits per heavy atom. The average Bonchev–Trinajstić information content (AvgIpc) is 3.99. The van der Waals surface area contributed by atoms with Gasteiger partial charge >= 0.3 is 0 Å². The molecule has 0 saturated heterocycles. The second-order valence-electron chi connectivity index (χ2n) is 12.9. The summed E-state index contributed by atoms with van der Waals surface area (Å²) in [6, 6.07) is 11.5. The van der Waals surface area contributed by atoms with Gasteiger partial charge in [0.25, 0.3) is 10.0 Å². The summed E-state index contributed by atoms with van der Waals surface area (Å²) in [4.78, 5) is 19.3. The number of halogens is 1. The number of nitrogens with zero attached hydrogens (tertiary/aromatic N) is 6. The highest BCUT2D eigenvalue weighted by molar-refractivity contribution is 7.89. The predicted octanol–water partition coefficient (Wildman–Crippen LogP) is 5.89. The zero-order valence-corrected chi connectivity index (χ0v) is 26.0. The van der Waals surface area contributed by atoms with E-state index in [4.69, 9.17) is 0 Å². The van der Waals surface area contributed by atoms with Gasteiger partial charge in [-0.2, -0.15) is 14.5 Å². The summed E-state index contributed by atoms with van der Waals surface area (Å²) in [6.07, 6.45) is 13.5. The lowest BCUT2D eigenvalue weighted by molar-refractivity contribution is 0.0739. The van der Waals surface area contributed by atoms with Crippen LogP contribution in [0.3, 0.4) is 0 Å². The Morgan fingerprint density at radius 1 is 1.04 bits per heavy atom. The summed E-state index contributed by atoms with van der Waals surface area (Å²) in [7, 11) is -3.89. The minimum absolute atomic E-state index is 0.0572. The number of fused-ring (bicyclic) bond motifs is 2. The van der Waals surface area contributed by atoms with Crippen LogP contribution >= 0.6 is 0 Å². The van der Waals surface area contributed by atoms with E-state index in [9.17, 15) is 17.6 Å². The predicted molar refractivity (Wildman–Crippen MR) is 166 cm³/mol. The number of allylic oxidation sites excluding steroid dienone is 1. The van der Waals surface area contributed by atoms with E-state index in [-0.39, 0.29) is 29.2 Å². The zero-order valence-electron chi connectivity index (χ0n) is 25.1. The molecule has 0 bridgehead atoms. The first-order chi connectivity index (χ1) is 21.8. The molecule has 0 N–H and O–H groups in total. The molecule has 0 aliphatic heterocycles. The van der Waals surface area contributed by atoms with Crippen molar-refractivity contribution >= 4 is 21.9 Å². The maximum atomic E-state index is 14.7. The highest BCUT2D eigenvalue weighted by atomic mass is 32.2. The number of aromatic nitrogens is 5. The molecular weight excluding hydrogens is 591 g/mol. The highest BCUT2D eigenvalue weighted by Crippen LogP contribution is 2.51. The van der Waals surface area contributed by atoms with Gasteiger partial charge in [-0.3, -0.25) is 14.5 Å². The van der Waals surface area contributed by atoms with Crippen LogP contribution in [-0.4, -0.2) is 55.6 Å². The molecule has 3 fully saturated rings. The van der Waals surface area contributed by atoms with Gasteiger partial charge in [-0.05, 0) is 111 Å². The molecule has 2 atom stereocenters. The van der Waals surface area contributed by atoms with E-state index in [0.29, 0.717) is 37.3 Å². The number of benzene rings is 1. The SMILES string of the molecule is CCN([C@H]1CCC2=Cc3c(cnn3-c3ccc(F)cc3)C[C@]2(C(=O)c2ccc(C3CC3)cn2)C1)S(=O)(=O)c1ccn(C2CC2)n1. The van der Waals surface area contributed by atoms with Crippen LogP contribution in [0.15, 0.2) is 71.7 Å². The fourth-order valence-electron chi connectivity index (χ4n) is 7.31. The van der Waals surface area contributed by atoms with Crippen molar-refractivity contribution in [3.63, 3.8) is 0 Å². The molecule has 0 amide bonds. The molecule has 3 aromatic heterocycles. The minimum Gasteiger partial charge on any atom is -0.291 e. The van der Waals surface area contributed by atoms with Crippen LogP contribution in [-0.2, 0) is 16.4 Å². The molecule has 9 nitrogen and oxygen atoms in total. The zero-order chi connectivity index (χ0) is 30.9. The average molecular weight is 627 g/mol. The van der Waals surface area contributed by atoms with Crippen LogP contribution in [0.2, 0.25) is 0 Å². The number of pyridine rings is 1. The van der Waals surface area contributed by atoms with E-state index < -0.39 is 21.5 Å². The monoisotopic (exact) mass is 626 g/mol. The Kier molecular flexibility index (Phi) is 6.69. The van der Waals surface area contributed by atoms with E-state index in [2.05, 4.69) is 15.2 Å². The van der Waals surface area contributed by atoms with E-state index in [1.807, 2.05) is 31.3 Å². The number of carbonyl (C=O) groups excluding carboxylic acids is 1. The van der Waals surface area contributed by atoms with Crippen molar-refractivity contribution in [3.05, 3.63) is 95.0 Å². The fourth-order valence-corrected chi connectivity index (χ4v) is 8.89. The first-order valence-electron chi connectivity index (χ1n) is 15.9. The summed E-state index contributed by atoms with van der Waals surface area (Å²) in [6.45, 7) is 2.12. The third kappa shape index (κ3) is 4.87. The van der Waals surface area contributed by atoms with Crippen molar-refractivity contribution in [3.8, 4) is 5.69 Å². The second kappa shape index (κ2) is 10.6. The fraction of sp³-hybridized carbons (Fsp3) is 0.412. The van der Waals surface area contributed by atoms with Crippen molar-refractivity contribution < 1.29 is 17.6 Å². The largest absolute Gasteiger partial charge is 0.291 e. The maximum Gasteiger partial charge on any atom is 0.262 e. The minimum atomic E-state index is -3.89. The van der Waals surface area contributed by atoms with E-state index >= 15 is 0 Å². The first kappa shape index (κ1) is 28.5. The number of carbonyl (C=O) groups is 1. The molecule has 4 aliphatic carbocycles. The summed E-state index contributed by atoms with van der Waals surface area (Å²) >= 11 is 0. The van der Waals surface area contributed by atoms with E-state index in [1.165, 1.54) is 12.1 Å². The Balaban J connectivity index is 1.18. The molecule has 4 aliphatic rings. The highest BCUT2D eigenvalue weighted by Gasteiger charge is 2.51. The molecular formula is C34H35FN6O3S. The summed E-state index contributed by atoms with van der Waals surface area (Å²) < 4.78 is 46.8. The molecule has 0 spiro atoms. The normalized spacial score (nSPS) is 23.0. The quantitative estimate of drug-likeness (QED) is 0.215. The van der Waals surface area contributed by atoms with Gasteiger partial charge in [-0.15, -0.1) is 0 Å². The van der Waals surface area contributed by atoms with Gasteiger partial charge in [0, 0.05) is 25.0 Å². The molecule has 45 heavy (non-hydrogen) atoms. The summed E-state index contributed by atoms with van der Waals surface area (Å²) in [5.41, 5.74) is 4.02. The van der Waals surface area contributed by atoms with Crippen LogP contribution in [0.5, 0.6) is 0 Å². The molecule has 232 valence electrons. The van der Waals surface area contributed by atoms with Crippen LogP contribution in [0, 0.1) is 11.2 Å². The Labute approximate surface area is 261 Å².